The molecule has 16 heavy (non-hydrogen) atoms. The van der Waals surface area contributed by atoms with Crippen LogP contribution >= 0.6 is 0 Å². The normalized spacial score (nSPS) is 12.2. The smallest absolute Gasteiger partial charge is 0.408 e. The van der Waals surface area contributed by atoms with Gasteiger partial charge in [-0.05, 0) is 32.4 Å². The second-order valence-electron chi connectivity index (χ2n) is 4.55. The fraction of sp³-hybridized carbons (Fsp3) is 0.417. The van der Waals surface area contributed by atoms with Gasteiger partial charge in [-0.25, -0.2) is 4.79 Å². The zero-order valence-electron chi connectivity index (χ0n) is 9.43. The van der Waals surface area contributed by atoms with E-state index in [0.29, 0.717) is 18.5 Å². The van der Waals surface area contributed by atoms with Crippen molar-refractivity contribution < 1.29 is 9.52 Å². The number of aromatic nitrogens is 1. The number of nitrogens with zero attached hydrogens (tertiary/aromatic N) is 1. The van der Waals surface area contributed by atoms with E-state index >= 15 is 0 Å². The van der Waals surface area contributed by atoms with Crippen molar-refractivity contribution in [1.82, 2.24) is 4.57 Å². The molecule has 0 atom stereocenters. The van der Waals surface area contributed by atoms with Crippen LogP contribution in [0.25, 0.3) is 11.1 Å². The van der Waals surface area contributed by atoms with Crippen LogP contribution in [-0.2, 0) is 6.54 Å². The summed E-state index contributed by atoms with van der Waals surface area (Å²) >= 11 is 0. The van der Waals surface area contributed by atoms with Crippen molar-refractivity contribution in [2.45, 2.75) is 32.4 Å². The highest BCUT2D eigenvalue weighted by Crippen LogP contribution is 2.14. The van der Waals surface area contributed by atoms with Gasteiger partial charge >= 0.3 is 5.76 Å². The lowest BCUT2D eigenvalue weighted by Gasteiger charge is -2.16. The first-order chi connectivity index (χ1) is 7.47. The molecule has 0 aliphatic rings. The zero-order chi connectivity index (χ0) is 11.8. The molecular weight excluding hydrogens is 206 g/mol. The average Bonchev–Trinajstić information content (AvgIpc) is 2.49. The minimum atomic E-state index is -0.780. The van der Waals surface area contributed by atoms with Gasteiger partial charge in [0.2, 0.25) is 0 Å². The van der Waals surface area contributed by atoms with Gasteiger partial charge in [0, 0.05) is 6.54 Å². The Morgan fingerprint density at radius 1 is 1.38 bits per heavy atom. The Morgan fingerprint density at radius 3 is 2.75 bits per heavy atom. The lowest BCUT2D eigenvalue weighted by atomic mass is 10.1. The number of para-hydroxylation sites is 2. The maximum absolute atomic E-state index is 11.6. The molecule has 2 aromatic rings. The van der Waals surface area contributed by atoms with Crippen LogP contribution in [0, 0.1) is 0 Å². The first kappa shape index (κ1) is 11.0. The van der Waals surface area contributed by atoms with Crippen LogP contribution < -0.4 is 5.76 Å². The molecule has 4 heteroatoms. The Kier molecular flexibility index (Phi) is 2.59. The topological polar surface area (TPSA) is 55.4 Å². The molecule has 0 bridgehead atoms. The number of fused-ring (bicyclic) bond motifs is 1. The monoisotopic (exact) mass is 221 g/mol. The van der Waals surface area contributed by atoms with Crippen LogP contribution in [-0.4, -0.2) is 15.3 Å². The maximum atomic E-state index is 11.6. The molecule has 1 heterocycles. The fourth-order valence-corrected chi connectivity index (χ4v) is 1.61. The molecule has 86 valence electrons. The lowest BCUT2D eigenvalue weighted by Crippen LogP contribution is -2.24. The van der Waals surface area contributed by atoms with Crippen LogP contribution in [0.4, 0.5) is 0 Å². The highest BCUT2D eigenvalue weighted by atomic mass is 16.4. The molecule has 0 radical (unpaired) electrons. The average molecular weight is 221 g/mol. The Morgan fingerprint density at radius 2 is 2.06 bits per heavy atom. The predicted molar refractivity (Wildman–Crippen MR) is 61.4 cm³/mol. The van der Waals surface area contributed by atoms with E-state index in [-0.39, 0.29) is 5.76 Å². The summed E-state index contributed by atoms with van der Waals surface area (Å²) in [6, 6.07) is 7.28. The van der Waals surface area contributed by atoms with Crippen molar-refractivity contribution in [3.05, 3.63) is 34.8 Å². The lowest BCUT2D eigenvalue weighted by molar-refractivity contribution is 0.0660. The minimum absolute atomic E-state index is 0.370. The van der Waals surface area contributed by atoms with Gasteiger partial charge < -0.3 is 9.52 Å². The van der Waals surface area contributed by atoms with E-state index in [4.69, 9.17) is 4.42 Å². The van der Waals surface area contributed by atoms with Crippen molar-refractivity contribution >= 4 is 11.1 Å². The van der Waals surface area contributed by atoms with E-state index in [2.05, 4.69) is 0 Å². The Balaban J connectivity index is 2.37. The third kappa shape index (κ3) is 2.17. The molecule has 1 N–H and O–H groups in total. The summed E-state index contributed by atoms with van der Waals surface area (Å²) in [4.78, 5) is 11.6. The summed E-state index contributed by atoms with van der Waals surface area (Å²) in [6.45, 7) is 3.90. The van der Waals surface area contributed by atoms with Gasteiger partial charge in [0.05, 0.1) is 11.1 Å². The number of oxazole rings is 1. The largest absolute Gasteiger partial charge is 0.419 e. The SMILES string of the molecule is CC(C)(O)CCn1c(=O)oc2ccccc21. The van der Waals surface area contributed by atoms with E-state index in [1.54, 1.807) is 24.5 Å². The summed E-state index contributed by atoms with van der Waals surface area (Å²) in [5, 5.41) is 9.63. The number of aryl methyl sites for hydroxylation is 1. The van der Waals surface area contributed by atoms with E-state index < -0.39 is 5.60 Å². The molecule has 0 saturated heterocycles. The van der Waals surface area contributed by atoms with Crippen LogP contribution in [0.2, 0.25) is 0 Å². The van der Waals surface area contributed by atoms with E-state index in [1.807, 2.05) is 18.2 Å². The van der Waals surface area contributed by atoms with E-state index in [0.717, 1.165) is 5.52 Å². The quantitative estimate of drug-likeness (QED) is 0.859. The zero-order valence-corrected chi connectivity index (χ0v) is 9.43. The predicted octanol–water partition coefficient (Wildman–Crippen LogP) is 1.76. The molecule has 1 aromatic carbocycles. The summed E-state index contributed by atoms with van der Waals surface area (Å²) in [6.07, 6.45) is 0.510. The fourth-order valence-electron chi connectivity index (χ4n) is 1.61. The van der Waals surface area contributed by atoms with Crippen molar-refractivity contribution in [3.8, 4) is 0 Å². The van der Waals surface area contributed by atoms with Crippen molar-refractivity contribution in [2.24, 2.45) is 0 Å². The van der Waals surface area contributed by atoms with Gasteiger partial charge in [-0.1, -0.05) is 12.1 Å². The summed E-state index contributed by atoms with van der Waals surface area (Å²) in [7, 11) is 0. The minimum Gasteiger partial charge on any atom is -0.408 e. The molecule has 1 aromatic heterocycles. The van der Waals surface area contributed by atoms with Crippen molar-refractivity contribution in [3.63, 3.8) is 0 Å². The molecule has 0 saturated carbocycles. The Labute approximate surface area is 93.1 Å². The third-order valence-corrected chi connectivity index (χ3v) is 2.52. The van der Waals surface area contributed by atoms with Gasteiger partial charge in [-0.15, -0.1) is 0 Å². The number of hydrogen-bond donors (Lipinski definition) is 1. The number of benzene rings is 1. The highest BCUT2D eigenvalue weighted by Gasteiger charge is 2.15. The molecule has 0 spiro atoms. The molecule has 0 unspecified atom stereocenters. The van der Waals surface area contributed by atoms with E-state index in [1.165, 1.54) is 0 Å². The van der Waals surface area contributed by atoms with Gasteiger partial charge in [0.1, 0.15) is 0 Å². The summed E-state index contributed by atoms with van der Waals surface area (Å²) in [5.41, 5.74) is 0.581. The Bertz CT molecular complexity index is 545. The second-order valence-corrected chi connectivity index (χ2v) is 4.55. The summed E-state index contributed by atoms with van der Waals surface area (Å²) < 4.78 is 6.64. The first-order valence-electron chi connectivity index (χ1n) is 5.28. The maximum Gasteiger partial charge on any atom is 0.419 e. The molecular formula is C12H15NO3. The third-order valence-electron chi connectivity index (χ3n) is 2.52. The summed E-state index contributed by atoms with van der Waals surface area (Å²) in [5.74, 6) is -0.370. The van der Waals surface area contributed by atoms with E-state index in [9.17, 15) is 9.90 Å². The van der Waals surface area contributed by atoms with Crippen LogP contribution in [0.3, 0.4) is 0 Å². The second kappa shape index (κ2) is 3.79. The molecule has 0 aliphatic heterocycles. The standard InChI is InChI=1S/C12H15NO3/c1-12(2,15)7-8-13-9-5-3-4-6-10(9)16-11(13)14/h3-6,15H,7-8H2,1-2H3. The van der Waals surface area contributed by atoms with Crippen molar-refractivity contribution in [1.29, 1.82) is 0 Å². The highest BCUT2D eigenvalue weighted by molar-refractivity contribution is 5.72. The Hall–Kier alpha value is -1.55. The van der Waals surface area contributed by atoms with Gasteiger partial charge in [-0.2, -0.15) is 0 Å². The molecule has 4 nitrogen and oxygen atoms in total. The number of rotatable bonds is 3. The van der Waals surface area contributed by atoms with Crippen LogP contribution in [0.1, 0.15) is 20.3 Å². The van der Waals surface area contributed by atoms with Crippen LogP contribution in [0.15, 0.2) is 33.5 Å². The number of aliphatic hydroxyl groups is 1. The molecule has 0 amide bonds. The first-order valence-corrected chi connectivity index (χ1v) is 5.28. The molecule has 0 fully saturated rings. The van der Waals surface area contributed by atoms with Crippen molar-refractivity contribution in [2.75, 3.05) is 0 Å². The number of hydrogen-bond acceptors (Lipinski definition) is 3. The molecule has 0 aliphatic carbocycles. The van der Waals surface area contributed by atoms with Gasteiger partial charge in [0.25, 0.3) is 0 Å². The molecule has 2 rings (SSSR count). The van der Waals surface area contributed by atoms with Gasteiger partial charge in [0.15, 0.2) is 5.58 Å². The van der Waals surface area contributed by atoms with Crippen LogP contribution in [0.5, 0.6) is 0 Å². The van der Waals surface area contributed by atoms with Gasteiger partial charge in [-0.3, -0.25) is 4.57 Å².